The topological polar surface area (TPSA) is 15.3 Å². The average Bonchev–Trinajstić information content (AvgIpc) is 2.45. The molecule has 0 atom stereocenters. The highest BCUT2D eigenvalue weighted by molar-refractivity contribution is 4.81. The maximum Gasteiger partial charge on any atom is 0.00933 e. The monoisotopic (exact) mass is 268 g/mol. The standard InChI is InChI=1S/C17H36N2/c1-4-6-7-8-9-15-19(3)17-12-10-16(11-13-17)18-14-5-2/h16-18H,4-15H2,1-3H3. The van der Waals surface area contributed by atoms with Crippen LogP contribution in [0, 0.1) is 0 Å². The van der Waals surface area contributed by atoms with Crippen LogP contribution in [0.5, 0.6) is 0 Å². The van der Waals surface area contributed by atoms with Gasteiger partial charge in [-0.05, 0) is 58.7 Å². The van der Waals surface area contributed by atoms with Gasteiger partial charge in [-0.1, -0.05) is 39.5 Å². The summed E-state index contributed by atoms with van der Waals surface area (Å²) in [4.78, 5) is 2.63. The third-order valence-corrected chi connectivity index (χ3v) is 4.62. The van der Waals surface area contributed by atoms with Gasteiger partial charge in [0.05, 0.1) is 0 Å². The molecule has 1 aliphatic carbocycles. The molecule has 1 aliphatic rings. The van der Waals surface area contributed by atoms with E-state index in [0.29, 0.717) is 0 Å². The van der Waals surface area contributed by atoms with Gasteiger partial charge in [-0.3, -0.25) is 0 Å². The molecule has 1 N–H and O–H groups in total. The summed E-state index contributed by atoms with van der Waals surface area (Å²) in [6, 6.07) is 1.65. The molecule has 19 heavy (non-hydrogen) atoms. The minimum Gasteiger partial charge on any atom is -0.314 e. The Morgan fingerprint density at radius 1 is 0.895 bits per heavy atom. The van der Waals surface area contributed by atoms with E-state index in [1.807, 2.05) is 0 Å². The van der Waals surface area contributed by atoms with Gasteiger partial charge in [0.25, 0.3) is 0 Å². The maximum atomic E-state index is 3.68. The van der Waals surface area contributed by atoms with Gasteiger partial charge in [0.15, 0.2) is 0 Å². The quantitative estimate of drug-likeness (QED) is 0.597. The first-order chi connectivity index (χ1) is 9.27. The predicted molar refractivity (Wildman–Crippen MR) is 85.7 cm³/mol. The van der Waals surface area contributed by atoms with Crippen LogP contribution in [0.2, 0.25) is 0 Å². The van der Waals surface area contributed by atoms with Gasteiger partial charge in [0, 0.05) is 12.1 Å². The zero-order chi connectivity index (χ0) is 13.9. The number of nitrogens with one attached hydrogen (secondary N) is 1. The van der Waals surface area contributed by atoms with E-state index in [1.54, 1.807) is 0 Å². The van der Waals surface area contributed by atoms with Crippen molar-refractivity contribution in [3.63, 3.8) is 0 Å². The van der Waals surface area contributed by atoms with E-state index in [4.69, 9.17) is 0 Å². The third kappa shape index (κ3) is 7.31. The molecule has 0 bridgehead atoms. The van der Waals surface area contributed by atoms with Gasteiger partial charge < -0.3 is 10.2 Å². The van der Waals surface area contributed by atoms with E-state index in [-0.39, 0.29) is 0 Å². The zero-order valence-corrected chi connectivity index (χ0v) is 13.6. The van der Waals surface area contributed by atoms with Crippen LogP contribution in [0.4, 0.5) is 0 Å². The molecular weight excluding hydrogens is 232 g/mol. The second-order valence-corrected chi connectivity index (χ2v) is 6.35. The van der Waals surface area contributed by atoms with Gasteiger partial charge >= 0.3 is 0 Å². The normalized spacial score (nSPS) is 24.0. The smallest absolute Gasteiger partial charge is 0.00933 e. The molecule has 0 aromatic carbocycles. The lowest BCUT2D eigenvalue weighted by Gasteiger charge is -2.35. The number of rotatable bonds is 10. The van der Waals surface area contributed by atoms with Crippen molar-refractivity contribution in [3.05, 3.63) is 0 Å². The Labute approximate surface area is 121 Å². The molecule has 2 nitrogen and oxygen atoms in total. The van der Waals surface area contributed by atoms with Gasteiger partial charge in [-0.2, -0.15) is 0 Å². The summed E-state index contributed by atoms with van der Waals surface area (Å²) in [6.07, 6.45) is 13.8. The number of hydrogen-bond acceptors (Lipinski definition) is 2. The van der Waals surface area contributed by atoms with Crippen LogP contribution >= 0.6 is 0 Å². The molecule has 0 aromatic rings. The molecular formula is C17H36N2. The third-order valence-electron chi connectivity index (χ3n) is 4.62. The molecule has 0 spiro atoms. The Morgan fingerprint density at radius 2 is 1.58 bits per heavy atom. The Hall–Kier alpha value is -0.0800. The first-order valence-corrected chi connectivity index (χ1v) is 8.71. The number of unbranched alkanes of at least 4 members (excludes halogenated alkanes) is 4. The van der Waals surface area contributed by atoms with E-state index < -0.39 is 0 Å². The van der Waals surface area contributed by atoms with Crippen molar-refractivity contribution in [1.29, 1.82) is 0 Å². The molecule has 0 aromatic heterocycles. The van der Waals surface area contributed by atoms with E-state index in [1.165, 1.54) is 77.3 Å². The Balaban J connectivity index is 2.06. The fourth-order valence-electron chi connectivity index (χ4n) is 3.22. The fourth-order valence-corrected chi connectivity index (χ4v) is 3.22. The molecule has 0 aliphatic heterocycles. The minimum atomic E-state index is 0.800. The lowest BCUT2D eigenvalue weighted by Crippen LogP contribution is -2.41. The summed E-state index contributed by atoms with van der Waals surface area (Å²) in [5.41, 5.74) is 0. The van der Waals surface area contributed by atoms with Crippen LogP contribution in [-0.2, 0) is 0 Å². The van der Waals surface area contributed by atoms with Crippen LogP contribution in [0.1, 0.15) is 78.1 Å². The molecule has 1 saturated carbocycles. The van der Waals surface area contributed by atoms with Gasteiger partial charge in [0.2, 0.25) is 0 Å². The summed E-state index contributed by atoms with van der Waals surface area (Å²) < 4.78 is 0. The van der Waals surface area contributed by atoms with Crippen LogP contribution < -0.4 is 5.32 Å². The largest absolute Gasteiger partial charge is 0.314 e. The van der Waals surface area contributed by atoms with Crippen molar-refractivity contribution < 1.29 is 0 Å². The molecule has 1 rings (SSSR count). The minimum absolute atomic E-state index is 0.800. The van der Waals surface area contributed by atoms with Crippen molar-refractivity contribution >= 4 is 0 Å². The summed E-state index contributed by atoms with van der Waals surface area (Å²) in [6.45, 7) is 7.05. The van der Waals surface area contributed by atoms with Gasteiger partial charge in [-0.15, -0.1) is 0 Å². The predicted octanol–water partition coefficient (Wildman–Crippen LogP) is 4.20. The summed E-state index contributed by atoms with van der Waals surface area (Å²) in [7, 11) is 2.34. The van der Waals surface area contributed by atoms with Crippen LogP contribution in [0.3, 0.4) is 0 Å². The Kier molecular flexibility index (Phi) is 9.54. The van der Waals surface area contributed by atoms with Crippen LogP contribution in [-0.4, -0.2) is 37.1 Å². The highest BCUT2D eigenvalue weighted by atomic mass is 15.1. The lowest BCUT2D eigenvalue weighted by atomic mass is 9.90. The highest BCUT2D eigenvalue weighted by Crippen LogP contribution is 2.22. The molecule has 0 heterocycles. The maximum absolute atomic E-state index is 3.68. The number of hydrogen-bond donors (Lipinski definition) is 1. The molecule has 0 saturated heterocycles. The molecule has 0 unspecified atom stereocenters. The second kappa shape index (κ2) is 10.7. The van der Waals surface area contributed by atoms with Crippen molar-refractivity contribution in [1.82, 2.24) is 10.2 Å². The fraction of sp³-hybridized carbons (Fsp3) is 1.00. The first kappa shape index (κ1) is 17.0. The van der Waals surface area contributed by atoms with Crippen molar-refractivity contribution in [2.75, 3.05) is 20.1 Å². The van der Waals surface area contributed by atoms with Gasteiger partial charge in [-0.25, -0.2) is 0 Å². The van der Waals surface area contributed by atoms with E-state index in [2.05, 4.69) is 31.1 Å². The SMILES string of the molecule is CCCCCCCN(C)C1CCC(NCCC)CC1. The van der Waals surface area contributed by atoms with Crippen LogP contribution in [0.25, 0.3) is 0 Å². The molecule has 1 fully saturated rings. The summed E-state index contributed by atoms with van der Waals surface area (Å²) >= 11 is 0. The molecule has 0 amide bonds. The Morgan fingerprint density at radius 3 is 2.21 bits per heavy atom. The molecule has 114 valence electrons. The highest BCUT2D eigenvalue weighted by Gasteiger charge is 2.22. The summed E-state index contributed by atoms with van der Waals surface area (Å²) in [5.74, 6) is 0. The first-order valence-electron chi connectivity index (χ1n) is 8.71. The molecule has 2 heteroatoms. The van der Waals surface area contributed by atoms with E-state index in [9.17, 15) is 0 Å². The van der Waals surface area contributed by atoms with Crippen molar-refractivity contribution in [2.45, 2.75) is 90.1 Å². The van der Waals surface area contributed by atoms with E-state index >= 15 is 0 Å². The van der Waals surface area contributed by atoms with Crippen molar-refractivity contribution in [2.24, 2.45) is 0 Å². The molecule has 0 radical (unpaired) electrons. The number of nitrogens with zero attached hydrogens (tertiary/aromatic N) is 1. The van der Waals surface area contributed by atoms with Crippen molar-refractivity contribution in [3.8, 4) is 0 Å². The average molecular weight is 268 g/mol. The lowest BCUT2D eigenvalue weighted by molar-refractivity contribution is 0.171. The second-order valence-electron chi connectivity index (χ2n) is 6.35. The Bertz CT molecular complexity index is 197. The van der Waals surface area contributed by atoms with Crippen LogP contribution in [0.15, 0.2) is 0 Å². The summed E-state index contributed by atoms with van der Waals surface area (Å²) in [5, 5.41) is 3.68. The van der Waals surface area contributed by atoms with E-state index in [0.717, 1.165) is 12.1 Å². The zero-order valence-electron chi connectivity index (χ0n) is 13.6. The van der Waals surface area contributed by atoms with Gasteiger partial charge in [0.1, 0.15) is 0 Å².